The SMILES string of the molecule is O=C(c1ccccc1)N1N=C(C(F)(F)F)C[C@@]1(O)C1CCCCC1. The van der Waals surface area contributed by atoms with Crippen molar-refractivity contribution >= 4 is 11.6 Å². The Morgan fingerprint density at radius 1 is 1.17 bits per heavy atom. The Kier molecular flexibility index (Phi) is 4.38. The third-order valence-corrected chi connectivity index (χ3v) is 4.81. The second-order valence-electron chi connectivity index (χ2n) is 6.42. The molecule has 7 heteroatoms. The standard InChI is InChI=1S/C17H19F3N2O2/c18-17(19,20)14-11-16(24,13-9-5-2-6-10-13)22(21-14)15(23)12-7-3-1-4-8-12/h1,3-4,7-8,13,24H,2,5-6,9-11H2/t16-/m1/s1. The van der Waals surface area contributed by atoms with Gasteiger partial charge in [0.2, 0.25) is 0 Å². The van der Waals surface area contributed by atoms with Crippen LogP contribution in [0.5, 0.6) is 0 Å². The zero-order chi connectivity index (χ0) is 17.4. The number of carbonyl (C=O) groups excluding carboxylic acids is 1. The molecule has 24 heavy (non-hydrogen) atoms. The van der Waals surface area contributed by atoms with Gasteiger partial charge in [-0.15, -0.1) is 0 Å². The van der Waals surface area contributed by atoms with Crippen LogP contribution in [0.3, 0.4) is 0 Å². The van der Waals surface area contributed by atoms with Crippen LogP contribution >= 0.6 is 0 Å². The molecule has 0 unspecified atom stereocenters. The molecule has 1 aromatic carbocycles. The van der Waals surface area contributed by atoms with Gasteiger partial charge in [-0.2, -0.15) is 23.3 Å². The van der Waals surface area contributed by atoms with Gasteiger partial charge in [0.15, 0.2) is 5.72 Å². The molecular formula is C17H19F3N2O2. The average Bonchev–Trinajstić information content (AvgIpc) is 2.95. The van der Waals surface area contributed by atoms with Gasteiger partial charge in [0, 0.05) is 17.9 Å². The lowest BCUT2D eigenvalue weighted by Gasteiger charge is -2.40. The van der Waals surface area contributed by atoms with Gasteiger partial charge in [0.25, 0.3) is 5.91 Å². The van der Waals surface area contributed by atoms with Gasteiger partial charge in [0.05, 0.1) is 0 Å². The Bertz CT molecular complexity index is 639. The number of rotatable bonds is 2. The molecular weight excluding hydrogens is 321 g/mol. The molecule has 1 N–H and O–H groups in total. The summed E-state index contributed by atoms with van der Waals surface area (Å²) in [6.07, 6.45) is -1.48. The molecule has 1 atom stereocenters. The summed E-state index contributed by atoms with van der Waals surface area (Å²) < 4.78 is 39.4. The van der Waals surface area contributed by atoms with Crippen molar-refractivity contribution in [1.82, 2.24) is 5.01 Å². The first-order valence-electron chi connectivity index (χ1n) is 8.09. The summed E-state index contributed by atoms with van der Waals surface area (Å²) >= 11 is 0. The summed E-state index contributed by atoms with van der Waals surface area (Å²) in [5.74, 6) is -1.11. The van der Waals surface area contributed by atoms with Gasteiger partial charge in [0.1, 0.15) is 5.71 Å². The van der Waals surface area contributed by atoms with Gasteiger partial charge >= 0.3 is 6.18 Å². The summed E-state index contributed by atoms with van der Waals surface area (Å²) in [4.78, 5) is 12.7. The second-order valence-corrected chi connectivity index (χ2v) is 6.42. The van der Waals surface area contributed by atoms with Gasteiger partial charge in [-0.1, -0.05) is 37.5 Å². The fraction of sp³-hybridized carbons (Fsp3) is 0.529. The summed E-state index contributed by atoms with van der Waals surface area (Å²) in [5.41, 5.74) is -2.79. The number of benzene rings is 1. The predicted molar refractivity (Wildman–Crippen MR) is 82.2 cm³/mol. The maximum Gasteiger partial charge on any atom is 0.431 e. The smallest absolute Gasteiger partial charge is 0.368 e. The first kappa shape index (κ1) is 17.0. The molecule has 2 aliphatic rings. The Morgan fingerprint density at radius 3 is 2.38 bits per heavy atom. The molecule has 0 saturated heterocycles. The van der Waals surface area contributed by atoms with E-state index in [1.165, 1.54) is 12.1 Å². The van der Waals surface area contributed by atoms with Crippen molar-refractivity contribution < 1.29 is 23.1 Å². The molecule has 3 rings (SSSR count). The van der Waals surface area contributed by atoms with Crippen LogP contribution in [0, 0.1) is 5.92 Å². The second kappa shape index (κ2) is 6.20. The molecule has 0 aromatic heterocycles. The Labute approximate surface area is 138 Å². The number of amides is 1. The highest BCUT2D eigenvalue weighted by atomic mass is 19.4. The summed E-state index contributed by atoms with van der Waals surface area (Å²) in [7, 11) is 0. The molecule has 0 spiro atoms. The van der Waals surface area contributed by atoms with E-state index in [9.17, 15) is 23.1 Å². The fourth-order valence-corrected chi connectivity index (χ4v) is 3.53. The van der Waals surface area contributed by atoms with Crippen molar-refractivity contribution in [2.45, 2.75) is 50.4 Å². The van der Waals surface area contributed by atoms with Crippen LogP contribution in [-0.4, -0.2) is 33.6 Å². The zero-order valence-corrected chi connectivity index (χ0v) is 13.1. The van der Waals surface area contributed by atoms with Crippen LogP contribution in [0.25, 0.3) is 0 Å². The van der Waals surface area contributed by atoms with E-state index in [1.807, 2.05) is 0 Å². The summed E-state index contributed by atoms with van der Waals surface area (Å²) in [6.45, 7) is 0. The van der Waals surface area contributed by atoms with Crippen molar-refractivity contribution in [2.24, 2.45) is 11.0 Å². The van der Waals surface area contributed by atoms with Crippen molar-refractivity contribution in [1.29, 1.82) is 0 Å². The quantitative estimate of drug-likeness (QED) is 0.892. The first-order chi connectivity index (χ1) is 11.3. The number of aliphatic hydroxyl groups is 1. The highest BCUT2D eigenvalue weighted by molar-refractivity contribution is 5.99. The normalized spacial score (nSPS) is 25.7. The monoisotopic (exact) mass is 340 g/mol. The molecule has 4 nitrogen and oxygen atoms in total. The number of nitrogens with zero attached hydrogens (tertiary/aromatic N) is 2. The number of alkyl halides is 3. The lowest BCUT2D eigenvalue weighted by molar-refractivity contribution is -0.123. The minimum Gasteiger partial charge on any atom is -0.368 e. The van der Waals surface area contributed by atoms with Crippen molar-refractivity contribution in [3.8, 4) is 0 Å². The molecule has 1 fully saturated rings. The Morgan fingerprint density at radius 2 is 1.79 bits per heavy atom. The molecule has 0 bridgehead atoms. The minimum absolute atomic E-state index is 0.207. The predicted octanol–water partition coefficient (Wildman–Crippen LogP) is 3.72. The van der Waals surface area contributed by atoms with Crippen LogP contribution in [0.4, 0.5) is 13.2 Å². The minimum atomic E-state index is -4.66. The van der Waals surface area contributed by atoms with E-state index in [2.05, 4.69) is 5.10 Å². The lowest BCUT2D eigenvalue weighted by atomic mass is 9.79. The van der Waals surface area contributed by atoms with E-state index in [0.29, 0.717) is 17.9 Å². The van der Waals surface area contributed by atoms with E-state index in [0.717, 1.165) is 19.3 Å². The van der Waals surface area contributed by atoms with Gasteiger partial charge in [-0.05, 0) is 25.0 Å². The Balaban J connectivity index is 1.96. The van der Waals surface area contributed by atoms with E-state index < -0.39 is 35.9 Å². The lowest BCUT2D eigenvalue weighted by Crippen LogP contribution is -2.52. The maximum atomic E-state index is 13.1. The highest BCUT2D eigenvalue weighted by Gasteiger charge is 2.55. The van der Waals surface area contributed by atoms with Crippen LogP contribution < -0.4 is 0 Å². The van der Waals surface area contributed by atoms with E-state index >= 15 is 0 Å². The molecule has 1 heterocycles. The van der Waals surface area contributed by atoms with E-state index in [-0.39, 0.29) is 5.56 Å². The summed E-state index contributed by atoms with van der Waals surface area (Å²) in [5, 5.41) is 15.2. The molecule has 130 valence electrons. The van der Waals surface area contributed by atoms with Gasteiger partial charge < -0.3 is 5.11 Å². The van der Waals surface area contributed by atoms with Crippen LogP contribution in [0.15, 0.2) is 35.4 Å². The topological polar surface area (TPSA) is 52.9 Å². The molecule has 1 aliphatic heterocycles. The molecule has 0 radical (unpaired) electrons. The summed E-state index contributed by atoms with van der Waals surface area (Å²) in [6, 6.07) is 7.96. The van der Waals surface area contributed by atoms with E-state index in [1.54, 1.807) is 18.2 Å². The number of hydrogen-bond acceptors (Lipinski definition) is 3. The molecule has 1 saturated carbocycles. The van der Waals surface area contributed by atoms with Crippen LogP contribution in [0.2, 0.25) is 0 Å². The third-order valence-electron chi connectivity index (χ3n) is 4.81. The number of hydrazone groups is 1. The van der Waals surface area contributed by atoms with Gasteiger partial charge in [-0.25, -0.2) is 0 Å². The molecule has 1 aromatic rings. The van der Waals surface area contributed by atoms with Crippen molar-refractivity contribution in [3.63, 3.8) is 0 Å². The first-order valence-corrected chi connectivity index (χ1v) is 8.09. The number of halogens is 3. The molecule has 1 aliphatic carbocycles. The largest absolute Gasteiger partial charge is 0.431 e. The average molecular weight is 340 g/mol. The highest BCUT2D eigenvalue weighted by Crippen LogP contribution is 2.43. The Hall–Kier alpha value is -1.89. The maximum absolute atomic E-state index is 13.1. The fourth-order valence-electron chi connectivity index (χ4n) is 3.53. The van der Waals surface area contributed by atoms with E-state index in [4.69, 9.17) is 0 Å². The van der Waals surface area contributed by atoms with Crippen molar-refractivity contribution in [2.75, 3.05) is 0 Å². The van der Waals surface area contributed by atoms with Gasteiger partial charge in [-0.3, -0.25) is 4.79 Å². The number of hydrogen-bond donors (Lipinski definition) is 1. The zero-order valence-electron chi connectivity index (χ0n) is 13.1. The third kappa shape index (κ3) is 3.05. The van der Waals surface area contributed by atoms with Crippen LogP contribution in [0.1, 0.15) is 48.9 Å². The van der Waals surface area contributed by atoms with Crippen LogP contribution in [-0.2, 0) is 0 Å². The molecule has 1 amide bonds. The van der Waals surface area contributed by atoms with Crippen molar-refractivity contribution in [3.05, 3.63) is 35.9 Å². The number of carbonyl (C=O) groups is 1.